The van der Waals surface area contributed by atoms with Crippen LogP contribution in [0, 0.1) is 6.92 Å². The molecule has 0 aliphatic rings. The highest BCUT2D eigenvalue weighted by atomic mass is 16.1. The van der Waals surface area contributed by atoms with Crippen LogP contribution in [0.3, 0.4) is 0 Å². The quantitative estimate of drug-likeness (QED) is 0.495. The second-order valence-electron chi connectivity index (χ2n) is 6.90. The minimum atomic E-state index is -0.0648. The van der Waals surface area contributed by atoms with Gasteiger partial charge in [-0.25, -0.2) is 0 Å². The molecule has 0 radical (unpaired) electrons. The van der Waals surface area contributed by atoms with Gasteiger partial charge in [-0.15, -0.1) is 10.2 Å². The number of aryl methyl sites for hydroxylation is 1. The van der Waals surface area contributed by atoms with E-state index in [1.807, 2.05) is 73.8 Å². The number of carbonyl (C=O) groups is 1. The van der Waals surface area contributed by atoms with Crippen LogP contribution in [0.1, 0.15) is 11.4 Å². The Bertz CT molecular complexity index is 1350. The number of anilines is 1. The van der Waals surface area contributed by atoms with E-state index in [0.29, 0.717) is 12.1 Å². The Kier molecular flexibility index (Phi) is 4.05. The van der Waals surface area contributed by atoms with Crippen molar-refractivity contribution < 1.29 is 4.79 Å². The Labute approximate surface area is 166 Å². The molecule has 0 aliphatic heterocycles. The fourth-order valence-corrected chi connectivity index (χ4v) is 3.46. The van der Waals surface area contributed by atoms with Gasteiger partial charge in [-0.1, -0.05) is 30.3 Å². The van der Waals surface area contributed by atoms with Crippen LogP contribution in [0.5, 0.6) is 0 Å². The zero-order chi connectivity index (χ0) is 19.8. The first kappa shape index (κ1) is 17.1. The summed E-state index contributed by atoms with van der Waals surface area (Å²) in [5.41, 5.74) is 5.13. The molecule has 5 rings (SSSR count). The fraction of sp³-hybridized carbons (Fsp3) is 0.0909. The summed E-state index contributed by atoms with van der Waals surface area (Å²) in [6.07, 6.45) is 2.19. The number of H-pyrrole nitrogens is 1. The van der Waals surface area contributed by atoms with Crippen LogP contribution in [0.25, 0.3) is 27.8 Å². The number of nitrogens with zero attached hydrogens (tertiary/aromatic N) is 4. The molecule has 0 bridgehead atoms. The molecule has 0 saturated carbocycles. The molecule has 142 valence electrons. The van der Waals surface area contributed by atoms with E-state index >= 15 is 0 Å². The van der Waals surface area contributed by atoms with Gasteiger partial charge >= 0.3 is 0 Å². The highest BCUT2D eigenvalue weighted by Gasteiger charge is 2.10. The average molecular weight is 382 g/mol. The molecule has 1 amide bonds. The van der Waals surface area contributed by atoms with E-state index in [-0.39, 0.29) is 5.91 Å². The molecule has 7 nitrogen and oxygen atoms in total. The van der Waals surface area contributed by atoms with Crippen molar-refractivity contribution in [3.63, 3.8) is 0 Å². The molecular formula is C22H18N6O. The first-order valence-electron chi connectivity index (χ1n) is 9.32. The van der Waals surface area contributed by atoms with Crippen LogP contribution < -0.4 is 5.32 Å². The van der Waals surface area contributed by atoms with Crippen molar-refractivity contribution in [1.29, 1.82) is 0 Å². The van der Waals surface area contributed by atoms with Gasteiger partial charge in [0.15, 0.2) is 11.5 Å². The third kappa shape index (κ3) is 3.23. The molecule has 0 aliphatic carbocycles. The normalized spacial score (nSPS) is 11.2. The highest BCUT2D eigenvalue weighted by Crippen LogP contribution is 2.22. The van der Waals surface area contributed by atoms with Gasteiger partial charge in [0, 0.05) is 28.4 Å². The lowest BCUT2D eigenvalue weighted by atomic mass is 10.1. The lowest BCUT2D eigenvalue weighted by Crippen LogP contribution is -2.14. The number of para-hydroxylation sites is 1. The summed E-state index contributed by atoms with van der Waals surface area (Å²) >= 11 is 0. The zero-order valence-electron chi connectivity index (χ0n) is 15.8. The van der Waals surface area contributed by atoms with Crippen molar-refractivity contribution in [2.24, 2.45) is 0 Å². The van der Waals surface area contributed by atoms with E-state index in [9.17, 15) is 4.79 Å². The molecule has 0 fully saturated rings. The average Bonchev–Trinajstić information content (AvgIpc) is 3.32. The molecule has 5 aromatic rings. The highest BCUT2D eigenvalue weighted by molar-refractivity contribution is 5.96. The Morgan fingerprint density at radius 3 is 2.90 bits per heavy atom. The fourth-order valence-electron chi connectivity index (χ4n) is 3.46. The monoisotopic (exact) mass is 382 g/mol. The van der Waals surface area contributed by atoms with Gasteiger partial charge in [-0.05, 0) is 42.8 Å². The number of hydrogen-bond donors (Lipinski definition) is 2. The van der Waals surface area contributed by atoms with Crippen molar-refractivity contribution in [3.05, 3.63) is 78.2 Å². The number of benzene rings is 2. The molecule has 29 heavy (non-hydrogen) atoms. The van der Waals surface area contributed by atoms with E-state index in [2.05, 4.69) is 25.6 Å². The number of aromatic amines is 1. The summed E-state index contributed by atoms with van der Waals surface area (Å²) in [6.45, 7) is 1.86. The summed E-state index contributed by atoms with van der Waals surface area (Å²) in [4.78, 5) is 15.8. The maximum absolute atomic E-state index is 12.6. The Morgan fingerprint density at radius 2 is 1.97 bits per heavy atom. The lowest BCUT2D eigenvalue weighted by molar-refractivity contribution is -0.115. The summed E-state index contributed by atoms with van der Waals surface area (Å²) in [6, 6.07) is 19.4. The Hall–Kier alpha value is -4.00. The van der Waals surface area contributed by atoms with Crippen LogP contribution in [0.4, 0.5) is 5.69 Å². The van der Waals surface area contributed by atoms with Gasteiger partial charge in [-0.2, -0.15) is 9.61 Å². The minimum Gasteiger partial charge on any atom is -0.361 e. The molecule has 0 atom stereocenters. The van der Waals surface area contributed by atoms with E-state index < -0.39 is 0 Å². The molecule has 2 N–H and O–H groups in total. The van der Waals surface area contributed by atoms with Gasteiger partial charge in [0.2, 0.25) is 5.91 Å². The summed E-state index contributed by atoms with van der Waals surface area (Å²) in [7, 11) is 0. The van der Waals surface area contributed by atoms with Gasteiger partial charge < -0.3 is 10.3 Å². The Balaban J connectivity index is 1.37. The smallest absolute Gasteiger partial charge is 0.228 e. The predicted molar refractivity (Wildman–Crippen MR) is 112 cm³/mol. The van der Waals surface area contributed by atoms with Crippen molar-refractivity contribution >= 4 is 28.1 Å². The van der Waals surface area contributed by atoms with Crippen LogP contribution >= 0.6 is 0 Å². The van der Waals surface area contributed by atoms with Crippen LogP contribution in [0.2, 0.25) is 0 Å². The van der Waals surface area contributed by atoms with Crippen molar-refractivity contribution in [2.75, 3.05) is 5.32 Å². The van der Waals surface area contributed by atoms with Gasteiger partial charge in [0.1, 0.15) is 0 Å². The summed E-state index contributed by atoms with van der Waals surface area (Å²) in [5.74, 6) is 0.662. The number of nitrogens with one attached hydrogen (secondary N) is 2. The molecule has 0 saturated heterocycles. The molecular weight excluding hydrogens is 364 g/mol. The zero-order valence-corrected chi connectivity index (χ0v) is 15.8. The number of aromatic nitrogens is 5. The van der Waals surface area contributed by atoms with Gasteiger partial charge in [0.25, 0.3) is 0 Å². The third-order valence-corrected chi connectivity index (χ3v) is 4.89. The second kappa shape index (κ2) is 6.87. The van der Waals surface area contributed by atoms with Crippen LogP contribution in [-0.2, 0) is 11.2 Å². The summed E-state index contributed by atoms with van der Waals surface area (Å²) < 4.78 is 1.71. The lowest BCUT2D eigenvalue weighted by Gasteiger charge is -2.08. The number of carbonyl (C=O) groups excluding carboxylic acids is 1. The topological polar surface area (TPSA) is 88.0 Å². The standard InChI is InChI=1S/C22H18N6O/c1-14-25-26-21-10-9-19(27-28(14)21)15-5-4-6-17(11-15)24-22(29)12-16-13-23-20-8-3-2-7-18(16)20/h2-11,13,23H,12H2,1H3,(H,24,29). The van der Waals surface area contributed by atoms with Gasteiger partial charge in [0.05, 0.1) is 12.1 Å². The third-order valence-electron chi connectivity index (χ3n) is 4.89. The Morgan fingerprint density at radius 1 is 1.07 bits per heavy atom. The molecule has 2 aromatic carbocycles. The maximum Gasteiger partial charge on any atom is 0.228 e. The van der Waals surface area contributed by atoms with E-state index in [0.717, 1.165) is 39.2 Å². The van der Waals surface area contributed by atoms with Crippen molar-refractivity contribution in [3.8, 4) is 11.3 Å². The van der Waals surface area contributed by atoms with Crippen molar-refractivity contribution in [1.82, 2.24) is 24.8 Å². The summed E-state index contributed by atoms with van der Waals surface area (Å²) in [5, 5.41) is 16.7. The van der Waals surface area contributed by atoms with E-state index in [4.69, 9.17) is 0 Å². The van der Waals surface area contributed by atoms with Crippen LogP contribution in [0.15, 0.2) is 66.9 Å². The first-order chi connectivity index (χ1) is 14.2. The van der Waals surface area contributed by atoms with E-state index in [1.165, 1.54) is 0 Å². The van der Waals surface area contributed by atoms with Gasteiger partial charge in [-0.3, -0.25) is 4.79 Å². The maximum atomic E-state index is 12.6. The second-order valence-corrected chi connectivity index (χ2v) is 6.90. The minimum absolute atomic E-state index is 0.0648. The van der Waals surface area contributed by atoms with Crippen LogP contribution in [-0.4, -0.2) is 30.7 Å². The number of rotatable bonds is 4. The molecule has 3 aromatic heterocycles. The van der Waals surface area contributed by atoms with Crippen molar-refractivity contribution in [2.45, 2.75) is 13.3 Å². The first-order valence-corrected chi connectivity index (χ1v) is 9.32. The molecule has 0 spiro atoms. The number of hydrogen-bond acceptors (Lipinski definition) is 4. The predicted octanol–water partition coefficient (Wildman–Crippen LogP) is 3.76. The molecule has 0 unspecified atom stereocenters. The van der Waals surface area contributed by atoms with E-state index in [1.54, 1.807) is 4.52 Å². The number of amides is 1. The number of fused-ring (bicyclic) bond motifs is 2. The SMILES string of the molecule is Cc1nnc2ccc(-c3cccc(NC(=O)Cc4c[nH]c5ccccc45)c3)nn12. The molecule has 3 heterocycles. The molecule has 7 heteroatoms. The largest absolute Gasteiger partial charge is 0.361 e.